The highest BCUT2D eigenvalue weighted by Crippen LogP contribution is 2.36. The van der Waals surface area contributed by atoms with Crippen LogP contribution >= 0.6 is 0 Å². The summed E-state index contributed by atoms with van der Waals surface area (Å²) >= 11 is 0. The quantitative estimate of drug-likeness (QED) is 0.0502. The van der Waals surface area contributed by atoms with Crippen LogP contribution in [0.1, 0.15) is 19.3 Å². The number of nitrogens with two attached hydrogens (primary N) is 6. The fraction of sp³-hybridized carbons (Fsp3) is 0.862. The van der Waals surface area contributed by atoms with Gasteiger partial charge in [0.2, 0.25) is 0 Å². The Bertz CT molecular complexity index is 1230. The molecule has 2 saturated carbocycles. The number of ether oxygens (including phenoxy) is 6. The van der Waals surface area contributed by atoms with Gasteiger partial charge < -0.3 is 104 Å². The first-order valence-corrected chi connectivity index (χ1v) is 16.9. The molecule has 0 aromatic rings. The smallest absolute Gasteiger partial charge is 0.252 e. The van der Waals surface area contributed by atoms with Crippen LogP contribution in [0, 0.1) is 5.41 Å². The van der Waals surface area contributed by atoms with Crippen LogP contribution in [-0.4, -0.2) is 178 Å². The summed E-state index contributed by atoms with van der Waals surface area (Å²) in [4.78, 5) is 13.2. The molecule has 3 heterocycles. The van der Waals surface area contributed by atoms with E-state index in [0.717, 1.165) is 0 Å². The van der Waals surface area contributed by atoms with E-state index in [9.17, 15) is 35.4 Å². The number of aliphatic hydroxyl groups excluding tert-OH is 5. The Hall–Kier alpha value is -2.20. The van der Waals surface area contributed by atoms with Crippen molar-refractivity contribution in [3.05, 3.63) is 12.2 Å². The lowest BCUT2D eigenvalue weighted by Crippen LogP contribution is -2.69. The molecule has 51 heavy (non-hydrogen) atoms. The van der Waals surface area contributed by atoms with Crippen molar-refractivity contribution in [2.45, 2.75) is 135 Å². The second-order valence-electron chi connectivity index (χ2n) is 13.8. The van der Waals surface area contributed by atoms with Crippen molar-refractivity contribution in [1.82, 2.24) is 10.6 Å². The Kier molecular flexibility index (Phi) is 12.9. The summed E-state index contributed by atoms with van der Waals surface area (Å²) in [5, 5.41) is 77.4. The molecule has 22 nitrogen and oxygen atoms in total. The Morgan fingerprint density at radius 3 is 2.10 bits per heavy atom. The molecule has 4 fully saturated rings. The van der Waals surface area contributed by atoms with E-state index in [-0.39, 0.29) is 38.3 Å². The second kappa shape index (κ2) is 16.4. The molecule has 0 spiro atoms. The van der Waals surface area contributed by atoms with Crippen molar-refractivity contribution in [3.63, 3.8) is 0 Å². The first-order valence-electron chi connectivity index (χ1n) is 16.9. The molecule has 0 aromatic heterocycles. The number of amides is 1. The molecule has 0 aromatic carbocycles. The minimum atomic E-state index is -1.81. The van der Waals surface area contributed by atoms with Crippen molar-refractivity contribution >= 4 is 11.9 Å². The van der Waals surface area contributed by atoms with E-state index >= 15 is 0 Å². The van der Waals surface area contributed by atoms with Crippen molar-refractivity contribution < 1.29 is 63.9 Å². The fourth-order valence-electron chi connectivity index (χ4n) is 7.06. The maximum absolute atomic E-state index is 13.2. The molecular weight excluding hydrogens is 682 g/mol. The van der Waals surface area contributed by atoms with Crippen molar-refractivity contribution in [2.24, 2.45) is 34.4 Å². The first kappa shape index (κ1) is 40.0. The van der Waals surface area contributed by atoms with Gasteiger partial charge in [0.05, 0.1) is 30.8 Å². The monoisotopic (exact) mass is 735 g/mol. The molecule has 0 unspecified atom stereocenters. The molecule has 17 atom stereocenters. The van der Waals surface area contributed by atoms with Gasteiger partial charge >= 0.3 is 0 Å². The standard InChI is InChI=1S/C29H53N9O13/c30-6-10-1-2-11(32)24(46-10)49-21-12(33)3-13(38-27(44)29(45)4-9(5-29)37-28(35)36)17(40)23(21)51-26-20(43)22(15(8-39)48-26)50-25-16(34)19(42)18(41)14(7-31)47-25/h1-2,9-26,39-43,45H,3-8,30-34H2,(H,38,44)(H4,35,36,37)/t9?,10-,11+,12-,13+,14-,15+,16+,17-,18+,19+,20+,21+,22+,23+,24+,25+,26-,29?/m0/s1. The van der Waals surface area contributed by atoms with E-state index in [0.29, 0.717) is 0 Å². The SMILES string of the molecule is N=C(N)NC1CC(O)(C(=O)N[C@@H]2C[C@H](N)[C@@H](O[C@H]3O[C@H](CN)C=C[C@H]3N)[C@H](O[C@@H]3O[C@H](CO)[C@@H](O[C@H]4O[C@@H](CN)[C@@H](O)[C@H](O)[C@H]4N)[C@H]3O)[C@H]2O)C1. The summed E-state index contributed by atoms with van der Waals surface area (Å²) in [6, 6.07) is -4.52. The molecule has 2 aliphatic carbocycles. The first-order chi connectivity index (χ1) is 24.1. The van der Waals surface area contributed by atoms with Gasteiger partial charge in [-0.2, -0.15) is 0 Å². The van der Waals surface area contributed by atoms with Crippen molar-refractivity contribution in [2.75, 3.05) is 19.7 Å². The van der Waals surface area contributed by atoms with Gasteiger partial charge in [0.25, 0.3) is 5.91 Å². The summed E-state index contributed by atoms with van der Waals surface area (Å²) < 4.78 is 35.5. The number of aliphatic hydroxyl groups is 6. The number of guanidine groups is 1. The molecule has 292 valence electrons. The minimum Gasteiger partial charge on any atom is -0.394 e. The Balaban J connectivity index is 1.34. The average Bonchev–Trinajstić information content (AvgIpc) is 3.37. The van der Waals surface area contributed by atoms with E-state index in [2.05, 4.69) is 10.6 Å². The normalized spacial score (nSPS) is 48.5. The molecule has 5 rings (SSSR count). The van der Waals surface area contributed by atoms with Crippen LogP contribution in [0.5, 0.6) is 0 Å². The maximum atomic E-state index is 13.2. The zero-order chi connectivity index (χ0) is 37.4. The Labute approximate surface area is 293 Å². The highest BCUT2D eigenvalue weighted by atomic mass is 16.8. The highest BCUT2D eigenvalue weighted by Gasteiger charge is 2.55. The molecule has 0 radical (unpaired) electrons. The van der Waals surface area contributed by atoms with Gasteiger partial charge in [-0.15, -0.1) is 0 Å². The van der Waals surface area contributed by atoms with E-state index < -0.39 is 128 Å². The summed E-state index contributed by atoms with van der Waals surface area (Å²) in [6.07, 6.45) is -13.9. The Morgan fingerprint density at radius 2 is 1.47 bits per heavy atom. The zero-order valence-corrected chi connectivity index (χ0v) is 27.8. The Morgan fingerprint density at radius 1 is 0.824 bits per heavy atom. The summed E-state index contributed by atoms with van der Waals surface area (Å²) in [5.41, 5.74) is 33.8. The number of hydrogen-bond acceptors (Lipinski definition) is 19. The van der Waals surface area contributed by atoms with Gasteiger partial charge in [-0.25, -0.2) is 0 Å². The van der Waals surface area contributed by atoms with E-state index in [1.54, 1.807) is 12.2 Å². The number of hydrogen-bond donors (Lipinski definition) is 15. The molecule has 0 bridgehead atoms. The molecule has 21 N–H and O–H groups in total. The van der Waals surface area contributed by atoms with Crippen LogP contribution in [0.25, 0.3) is 0 Å². The van der Waals surface area contributed by atoms with E-state index in [1.165, 1.54) is 0 Å². The van der Waals surface area contributed by atoms with Crippen LogP contribution in [0.15, 0.2) is 12.2 Å². The molecule has 3 aliphatic heterocycles. The lowest BCUT2D eigenvalue weighted by atomic mass is 9.74. The third-order valence-electron chi connectivity index (χ3n) is 10.0. The summed E-state index contributed by atoms with van der Waals surface area (Å²) in [7, 11) is 0. The van der Waals surface area contributed by atoms with Gasteiger partial charge in [0.15, 0.2) is 24.8 Å². The number of nitrogens with one attached hydrogen (secondary N) is 3. The van der Waals surface area contributed by atoms with Crippen LogP contribution in [-0.2, 0) is 33.2 Å². The van der Waals surface area contributed by atoms with Crippen molar-refractivity contribution in [1.29, 1.82) is 5.41 Å². The third kappa shape index (κ3) is 8.47. The summed E-state index contributed by atoms with van der Waals surface area (Å²) in [5.74, 6) is -1.11. The van der Waals surface area contributed by atoms with Gasteiger partial charge in [0.1, 0.15) is 60.5 Å². The van der Waals surface area contributed by atoms with Crippen LogP contribution in [0.2, 0.25) is 0 Å². The molecule has 2 saturated heterocycles. The van der Waals surface area contributed by atoms with Gasteiger partial charge in [-0.1, -0.05) is 12.2 Å². The minimum absolute atomic E-state index is 0.0475. The highest BCUT2D eigenvalue weighted by molar-refractivity contribution is 5.87. The maximum Gasteiger partial charge on any atom is 0.252 e. The van der Waals surface area contributed by atoms with Gasteiger partial charge in [-0.3, -0.25) is 10.2 Å². The molecular formula is C29H53N9O13. The number of carbonyl (C=O) groups excluding carboxylic acids is 1. The van der Waals surface area contributed by atoms with Gasteiger partial charge in [-0.05, 0) is 6.42 Å². The molecule has 1 amide bonds. The van der Waals surface area contributed by atoms with Crippen LogP contribution in [0.3, 0.4) is 0 Å². The van der Waals surface area contributed by atoms with Crippen molar-refractivity contribution in [3.8, 4) is 0 Å². The zero-order valence-electron chi connectivity index (χ0n) is 27.8. The average molecular weight is 736 g/mol. The number of rotatable bonds is 12. The van der Waals surface area contributed by atoms with Crippen LogP contribution < -0.4 is 45.0 Å². The van der Waals surface area contributed by atoms with Gasteiger partial charge in [0, 0.05) is 38.0 Å². The number of carbonyl (C=O) groups is 1. The summed E-state index contributed by atoms with van der Waals surface area (Å²) in [6.45, 7) is -0.757. The van der Waals surface area contributed by atoms with E-state index in [4.69, 9.17) is 68.2 Å². The second-order valence-corrected chi connectivity index (χ2v) is 13.8. The topological polar surface area (TPSA) is 398 Å². The lowest BCUT2D eigenvalue weighted by Gasteiger charge is -2.48. The molecule has 5 aliphatic rings. The predicted molar refractivity (Wildman–Crippen MR) is 172 cm³/mol. The largest absolute Gasteiger partial charge is 0.394 e. The van der Waals surface area contributed by atoms with Crippen LogP contribution in [0.4, 0.5) is 0 Å². The molecule has 22 heteroatoms. The fourth-order valence-corrected chi connectivity index (χ4v) is 7.06. The van der Waals surface area contributed by atoms with E-state index in [1.807, 2.05) is 0 Å². The lowest BCUT2D eigenvalue weighted by molar-refractivity contribution is -0.284. The third-order valence-corrected chi connectivity index (χ3v) is 10.0. The predicted octanol–water partition coefficient (Wildman–Crippen LogP) is -8.53.